The molecule has 1 nitrogen and oxygen atoms in total. The Morgan fingerprint density at radius 2 is 2.00 bits per heavy atom. The van der Waals surface area contributed by atoms with Gasteiger partial charge in [-0.05, 0) is 49.6 Å². The number of rotatable bonds is 6. The normalized spacial score (nSPS) is 12.8. The van der Waals surface area contributed by atoms with Crippen molar-refractivity contribution in [3.8, 4) is 0 Å². The minimum atomic E-state index is 0.482. The van der Waals surface area contributed by atoms with Crippen LogP contribution in [0.15, 0.2) is 18.2 Å². The summed E-state index contributed by atoms with van der Waals surface area (Å²) < 4.78 is 0. The SMILES string of the molecule is CCCNC(CC)Cc1cc(Cl)ccc1Cl. The Hall–Kier alpha value is -0.240. The van der Waals surface area contributed by atoms with Crippen molar-refractivity contribution in [1.82, 2.24) is 5.32 Å². The highest BCUT2D eigenvalue weighted by molar-refractivity contribution is 6.33. The minimum absolute atomic E-state index is 0.482. The van der Waals surface area contributed by atoms with Gasteiger partial charge in [-0.1, -0.05) is 37.0 Å². The lowest BCUT2D eigenvalue weighted by Gasteiger charge is -2.17. The van der Waals surface area contributed by atoms with Gasteiger partial charge in [0.15, 0.2) is 0 Å². The second kappa shape index (κ2) is 7.16. The van der Waals surface area contributed by atoms with E-state index in [9.17, 15) is 0 Å². The summed E-state index contributed by atoms with van der Waals surface area (Å²) in [5, 5.41) is 5.07. The molecule has 90 valence electrons. The van der Waals surface area contributed by atoms with Crippen molar-refractivity contribution < 1.29 is 0 Å². The maximum atomic E-state index is 6.14. The predicted octanol–water partition coefficient (Wildman–Crippen LogP) is 4.31. The summed E-state index contributed by atoms with van der Waals surface area (Å²) >= 11 is 12.1. The van der Waals surface area contributed by atoms with Crippen molar-refractivity contribution in [1.29, 1.82) is 0 Å². The second-order valence-electron chi connectivity index (χ2n) is 4.00. The molecule has 0 spiro atoms. The first-order valence-electron chi connectivity index (χ1n) is 5.84. The molecule has 0 aliphatic heterocycles. The van der Waals surface area contributed by atoms with E-state index >= 15 is 0 Å². The van der Waals surface area contributed by atoms with Gasteiger partial charge in [0.1, 0.15) is 0 Å². The second-order valence-corrected chi connectivity index (χ2v) is 4.84. The quantitative estimate of drug-likeness (QED) is 0.803. The summed E-state index contributed by atoms with van der Waals surface area (Å²) in [5.74, 6) is 0. The van der Waals surface area contributed by atoms with Gasteiger partial charge in [0.25, 0.3) is 0 Å². The molecule has 1 atom stereocenters. The predicted molar refractivity (Wildman–Crippen MR) is 72.5 cm³/mol. The summed E-state index contributed by atoms with van der Waals surface area (Å²) in [5.41, 5.74) is 1.13. The van der Waals surface area contributed by atoms with Crippen molar-refractivity contribution in [2.45, 2.75) is 39.2 Å². The molecule has 0 aliphatic carbocycles. The molecule has 1 aromatic rings. The van der Waals surface area contributed by atoms with E-state index in [1.165, 1.54) is 0 Å². The maximum absolute atomic E-state index is 6.14. The van der Waals surface area contributed by atoms with E-state index in [4.69, 9.17) is 23.2 Å². The van der Waals surface area contributed by atoms with Gasteiger partial charge >= 0.3 is 0 Å². The summed E-state index contributed by atoms with van der Waals surface area (Å²) in [6.45, 7) is 5.41. The molecular formula is C13H19Cl2N. The number of benzene rings is 1. The molecule has 0 radical (unpaired) electrons. The molecule has 0 heterocycles. The van der Waals surface area contributed by atoms with Crippen LogP contribution in [0.1, 0.15) is 32.3 Å². The molecule has 3 heteroatoms. The van der Waals surface area contributed by atoms with E-state index in [1.807, 2.05) is 18.2 Å². The molecule has 0 fully saturated rings. The smallest absolute Gasteiger partial charge is 0.0439 e. The van der Waals surface area contributed by atoms with Crippen LogP contribution in [0, 0.1) is 0 Å². The highest BCUT2D eigenvalue weighted by Crippen LogP contribution is 2.22. The fourth-order valence-corrected chi connectivity index (χ4v) is 2.06. The zero-order valence-corrected chi connectivity index (χ0v) is 11.4. The van der Waals surface area contributed by atoms with Crippen LogP contribution in [0.3, 0.4) is 0 Å². The third-order valence-corrected chi connectivity index (χ3v) is 3.25. The van der Waals surface area contributed by atoms with Crippen molar-refractivity contribution in [2.24, 2.45) is 0 Å². The van der Waals surface area contributed by atoms with Crippen LogP contribution in [0.25, 0.3) is 0 Å². The highest BCUT2D eigenvalue weighted by atomic mass is 35.5. The summed E-state index contributed by atoms with van der Waals surface area (Å²) in [6.07, 6.45) is 3.19. The molecule has 0 aliphatic rings. The third kappa shape index (κ3) is 4.32. The first-order chi connectivity index (χ1) is 7.67. The van der Waals surface area contributed by atoms with Crippen LogP contribution >= 0.6 is 23.2 Å². The zero-order chi connectivity index (χ0) is 12.0. The van der Waals surface area contributed by atoms with Crippen molar-refractivity contribution in [3.63, 3.8) is 0 Å². The van der Waals surface area contributed by atoms with Crippen LogP contribution < -0.4 is 5.32 Å². The van der Waals surface area contributed by atoms with Gasteiger partial charge in [0.2, 0.25) is 0 Å². The van der Waals surface area contributed by atoms with Gasteiger partial charge in [-0.15, -0.1) is 0 Å². The molecule has 0 saturated carbocycles. The monoisotopic (exact) mass is 259 g/mol. The van der Waals surface area contributed by atoms with Crippen LogP contribution in [-0.2, 0) is 6.42 Å². The van der Waals surface area contributed by atoms with E-state index < -0.39 is 0 Å². The average Bonchev–Trinajstić information content (AvgIpc) is 2.28. The standard InChI is InChI=1S/C13H19Cl2N/c1-3-7-16-12(4-2)9-10-8-11(14)5-6-13(10)15/h5-6,8,12,16H,3-4,7,9H2,1-2H3. The molecule has 16 heavy (non-hydrogen) atoms. The Bertz CT molecular complexity index is 326. The van der Waals surface area contributed by atoms with E-state index in [-0.39, 0.29) is 0 Å². The van der Waals surface area contributed by atoms with Crippen molar-refractivity contribution in [3.05, 3.63) is 33.8 Å². The molecule has 1 rings (SSSR count). The van der Waals surface area contributed by atoms with E-state index in [2.05, 4.69) is 19.2 Å². The fourth-order valence-electron chi connectivity index (χ4n) is 1.67. The molecule has 1 N–H and O–H groups in total. The topological polar surface area (TPSA) is 12.0 Å². The van der Waals surface area contributed by atoms with Gasteiger partial charge in [0.05, 0.1) is 0 Å². The Kier molecular flexibility index (Phi) is 6.18. The van der Waals surface area contributed by atoms with Gasteiger partial charge in [-0.3, -0.25) is 0 Å². The fraction of sp³-hybridized carbons (Fsp3) is 0.538. The lowest BCUT2D eigenvalue weighted by atomic mass is 10.0. The summed E-state index contributed by atoms with van der Waals surface area (Å²) in [4.78, 5) is 0. The molecule has 0 aromatic heterocycles. The lowest BCUT2D eigenvalue weighted by Crippen LogP contribution is -2.31. The largest absolute Gasteiger partial charge is 0.314 e. The maximum Gasteiger partial charge on any atom is 0.0439 e. The van der Waals surface area contributed by atoms with Crippen molar-refractivity contribution >= 4 is 23.2 Å². The van der Waals surface area contributed by atoms with Crippen LogP contribution in [0.2, 0.25) is 10.0 Å². The van der Waals surface area contributed by atoms with Crippen LogP contribution in [0.5, 0.6) is 0 Å². The van der Waals surface area contributed by atoms with Crippen LogP contribution in [0.4, 0.5) is 0 Å². The lowest BCUT2D eigenvalue weighted by molar-refractivity contribution is 0.495. The minimum Gasteiger partial charge on any atom is -0.314 e. The molecule has 0 saturated heterocycles. The van der Waals surface area contributed by atoms with Crippen LogP contribution in [-0.4, -0.2) is 12.6 Å². The van der Waals surface area contributed by atoms with Gasteiger partial charge in [0, 0.05) is 16.1 Å². The summed E-state index contributed by atoms with van der Waals surface area (Å²) in [7, 11) is 0. The van der Waals surface area contributed by atoms with Crippen molar-refractivity contribution in [2.75, 3.05) is 6.54 Å². The van der Waals surface area contributed by atoms with E-state index in [1.54, 1.807) is 0 Å². The first-order valence-corrected chi connectivity index (χ1v) is 6.60. The molecule has 1 aromatic carbocycles. The van der Waals surface area contributed by atoms with E-state index in [0.29, 0.717) is 6.04 Å². The third-order valence-electron chi connectivity index (χ3n) is 2.65. The zero-order valence-electron chi connectivity index (χ0n) is 9.89. The summed E-state index contributed by atoms with van der Waals surface area (Å²) in [6, 6.07) is 6.13. The Morgan fingerprint density at radius 3 is 2.62 bits per heavy atom. The number of nitrogens with one attached hydrogen (secondary N) is 1. The molecular weight excluding hydrogens is 241 g/mol. The number of hydrogen-bond donors (Lipinski definition) is 1. The Balaban J connectivity index is 2.65. The number of hydrogen-bond acceptors (Lipinski definition) is 1. The Labute approximate surface area is 108 Å². The van der Waals surface area contributed by atoms with Gasteiger partial charge in [-0.25, -0.2) is 0 Å². The molecule has 0 bridgehead atoms. The molecule has 1 unspecified atom stereocenters. The highest BCUT2D eigenvalue weighted by Gasteiger charge is 2.09. The average molecular weight is 260 g/mol. The van der Waals surface area contributed by atoms with E-state index in [0.717, 1.165) is 41.4 Å². The first kappa shape index (κ1) is 13.8. The van der Waals surface area contributed by atoms with Gasteiger partial charge < -0.3 is 5.32 Å². The molecule has 0 amide bonds. The van der Waals surface area contributed by atoms with Gasteiger partial charge in [-0.2, -0.15) is 0 Å². The number of halogens is 2. The Morgan fingerprint density at radius 1 is 1.25 bits per heavy atom.